The number of nitrogen functional groups attached to an aromatic ring is 1. The van der Waals surface area contributed by atoms with E-state index >= 15 is 0 Å². The summed E-state index contributed by atoms with van der Waals surface area (Å²) in [5, 5.41) is 7.48. The summed E-state index contributed by atoms with van der Waals surface area (Å²) in [6, 6.07) is 13.5. The van der Waals surface area contributed by atoms with E-state index in [9.17, 15) is 4.79 Å². The number of benzene rings is 2. The average Bonchev–Trinajstić information content (AvgIpc) is 3.05. The molecule has 1 heterocycles. The number of nitrogens with two attached hydrogens (primary N) is 1. The Balaban J connectivity index is 1.73. The molecule has 2 aromatic carbocycles. The van der Waals surface area contributed by atoms with Crippen LogP contribution in [-0.2, 0) is 19.9 Å². The molecule has 158 valence electrons. The minimum Gasteiger partial charge on any atom is -0.384 e. The first-order valence-electron chi connectivity index (χ1n) is 10.0. The molecule has 1 amide bonds. The highest BCUT2D eigenvalue weighted by atomic mass is 16.2. The Morgan fingerprint density at radius 3 is 2.33 bits per heavy atom. The van der Waals surface area contributed by atoms with Crippen LogP contribution in [0, 0.1) is 5.41 Å². The molecule has 7 heteroatoms. The van der Waals surface area contributed by atoms with Gasteiger partial charge in [0.1, 0.15) is 11.7 Å². The molecule has 0 bridgehead atoms. The van der Waals surface area contributed by atoms with Gasteiger partial charge < -0.3 is 20.1 Å². The summed E-state index contributed by atoms with van der Waals surface area (Å²) in [7, 11) is 7.83. The maximum atomic E-state index is 12.7. The molecule has 0 saturated heterocycles. The van der Waals surface area contributed by atoms with E-state index in [4.69, 9.17) is 16.1 Å². The molecule has 0 aliphatic carbocycles. The Morgan fingerprint density at radius 1 is 1.03 bits per heavy atom. The molecule has 3 rings (SSSR count). The minimum absolute atomic E-state index is 0.0107. The number of nitrogens with zero attached hydrogens (tertiary/aromatic N) is 4. The van der Waals surface area contributed by atoms with Crippen molar-refractivity contribution in [2.75, 3.05) is 34.2 Å². The lowest BCUT2D eigenvalue weighted by Crippen LogP contribution is -2.33. The number of aryl methyl sites for hydroxylation is 3. The molecule has 3 N–H and O–H groups in total. The van der Waals surface area contributed by atoms with E-state index < -0.39 is 0 Å². The van der Waals surface area contributed by atoms with Crippen molar-refractivity contribution in [1.29, 1.82) is 5.41 Å². The zero-order chi connectivity index (χ0) is 21.8. The van der Waals surface area contributed by atoms with Gasteiger partial charge in [0.25, 0.3) is 5.91 Å². The Morgan fingerprint density at radius 2 is 1.70 bits per heavy atom. The highest BCUT2D eigenvalue weighted by molar-refractivity contribution is 5.97. The maximum Gasteiger partial charge on any atom is 0.253 e. The molecule has 7 nitrogen and oxygen atoms in total. The molecule has 0 radical (unpaired) electrons. The van der Waals surface area contributed by atoms with Gasteiger partial charge in [-0.15, -0.1) is 0 Å². The molecular weight excluding hydrogens is 376 g/mol. The molecule has 3 aromatic rings. The lowest BCUT2D eigenvalue weighted by Gasteiger charge is -2.19. The third kappa shape index (κ3) is 4.86. The standard InChI is InChI=1S/C23H30N6O/c1-27(2)13-14-28(3)23(30)18-10-11-20-19(15-18)26-21(29(20)4)12-7-16-5-8-17(9-6-16)22(24)25/h5-6,8-11,15H,7,12-14H2,1-4H3,(H3,24,25). The summed E-state index contributed by atoms with van der Waals surface area (Å²) in [5.41, 5.74) is 9.93. The number of likely N-dealkylation sites (N-methyl/N-ethyl adjacent to an activating group) is 2. The first-order chi connectivity index (χ1) is 14.3. The van der Waals surface area contributed by atoms with E-state index in [0.717, 1.165) is 41.8 Å². The summed E-state index contributed by atoms with van der Waals surface area (Å²) in [4.78, 5) is 21.3. The SMILES string of the molecule is CN(C)CCN(C)C(=O)c1ccc2c(c1)nc(CCc1ccc(C(=N)N)cc1)n2C. The molecule has 0 fully saturated rings. The number of nitrogens with one attached hydrogen (secondary N) is 1. The zero-order valence-electron chi connectivity index (χ0n) is 18.1. The third-order valence-electron chi connectivity index (χ3n) is 5.35. The van der Waals surface area contributed by atoms with Gasteiger partial charge in [-0.05, 0) is 44.3 Å². The molecule has 0 unspecified atom stereocenters. The van der Waals surface area contributed by atoms with Crippen molar-refractivity contribution in [3.05, 3.63) is 65.0 Å². The second-order valence-electron chi connectivity index (χ2n) is 7.93. The number of imidazole rings is 1. The van der Waals surface area contributed by atoms with E-state index in [1.807, 2.05) is 70.7 Å². The summed E-state index contributed by atoms with van der Waals surface area (Å²) in [5.74, 6) is 1.07. The number of amidine groups is 1. The average molecular weight is 407 g/mol. The van der Waals surface area contributed by atoms with Crippen molar-refractivity contribution in [2.45, 2.75) is 12.8 Å². The Kier molecular flexibility index (Phi) is 6.52. The predicted molar refractivity (Wildman–Crippen MR) is 121 cm³/mol. The van der Waals surface area contributed by atoms with Crippen molar-refractivity contribution in [1.82, 2.24) is 19.4 Å². The molecule has 0 saturated carbocycles. The molecule has 0 aliphatic rings. The first-order valence-corrected chi connectivity index (χ1v) is 10.0. The van der Waals surface area contributed by atoms with Gasteiger partial charge in [0, 0.05) is 44.7 Å². The van der Waals surface area contributed by atoms with Gasteiger partial charge in [-0.2, -0.15) is 0 Å². The fourth-order valence-corrected chi connectivity index (χ4v) is 3.39. The van der Waals surface area contributed by atoms with Crippen molar-refractivity contribution in [3.63, 3.8) is 0 Å². The number of aromatic nitrogens is 2. The molecule has 1 aromatic heterocycles. The highest BCUT2D eigenvalue weighted by Gasteiger charge is 2.15. The molecular formula is C23H30N6O. The number of carbonyl (C=O) groups is 1. The van der Waals surface area contributed by atoms with Gasteiger partial charge in [0.05, 0.1) is 11.0 Å². The van der Waals surface area contributed by atoms with Gasteiger partial charge in [-0.3, -0.25) is 10.2 Å². The van der Waals surface area contributed by atoms with Crippen LogP contribution >= 0.6 is 0 Å². The van der Waals surface area contributed by atoms with Crippen molar-refractivity contribution in [2.24, 2.45) is 12.8 Å². The number of hydrogen-bond acceptors (Lipinski definition) is 4. The number of rotatable bonds is 8. The van der Waals surface area contributed by atoms with Gasteiger partial charge >= 0.3 is 0 Å². The van der Waals surface area contributed by atoms with E-state index in [0.29, 0.717) is 12.1 Å². The Labute approximate surface area is 177 Å². The molecule has 30 heavy (non-hydrogen) atoms. The largest absolute Gasteiger partial charge is 0.384 e. The lowest BCUT2D eigenvalue weighted by molar-refractivity contribution is 0.0786. The van der Waals surface area contributed by atoms with Gasteiger partial charge in [-0.1, -0.05) is 24.3 Å². The quantitative estimate of drug-likeness (QED) is 0.443. The van der Waals surface area contributed by atoms with E-state index in [1.54, 1.807) is 4.90 Å². The van der Waals surface area contributed by atoms with Crippen LogP contribution in [0.1, 0.15) is 27.3 Å². The van der Waals surface area contributed by atoms with Crippen molar-refractivity contribution in [3.8, 4) is 0 Å². The minimum atomic E-state index is 0.0107. The lowest BCUT2D eigenvalue weighted by atomic mass is 10.1. The highest BCUT2D eigenvalue weighted by Crippen LogP contribution is 2.19. The second-order valence-corrected chi connectivity index (χ2v) is 7.93. The molecule has 0 atom stereocenters. The summed E-state index contributed by atoms with van der Waals surface area (Å²) < 4.78 is 2.09. The summed E-state index contributed by atoms with van der Waals surface area (Å²) in [6.07, 6.45) is 1.63. The van der Waals surface area contributed by atoms with E-state index in [-0.39, 0.29) is 11.7 Å². The smallest absolute Gasteiger partial charge is 0.253 e. The summed E-state index contributed by atoms with van der Waals surface area (Å²) >= 11 is 0. The number of fused-ring (bicyclic) bond motifs is 1. The van der Waals surface area contributed by atoms with Crippen LogP contribution in [0.25, 0.3) is 11.0 Å². The van der Waals surface area contributed by atoms with Crippen molar-refractivity contribution >= 4 is 22.8 Å². The fraction of sp³-hybridized carbons (Fsp3) is 0.348. The monoisotopic (exact) mass is 406 g/mol. The molecule has 0 spiro atoms. The molecule has 0 aliphatic heterocycles. The van der Waals surface area contributed by atoms with Gasteiger partial charge in [0.15, 0.2) is 0 Å². The van der Waals surface area contributed by atoms with Gasteiger partial charge in [0.2, 0.25) is 0 Å². The first kappa shape index (κ1) is 21.5. The maximum absolute atomic E-state index is 12.7. The zero-order valence-corrected chi connectivity index (χ0v) is 18.1. The number of carbonyl (C=O) groups excluding carboxylic acids is 1. The normalized spacial score (nSPS) is 11.2. The van der Waals surface area contributed by atoms with Crippen LogP contribution in [-0.4, -0.2) is 65.3 Å². The van der Waals surface area contributed by atoms with Crippen LogP contribution in [0.15, 0.2) is 42.5 Å². The fourth-order valence-electron chi connectivity index (χ4n) is 3.39. The Hall–Kier alpha value is -3.19. The topological polar surface area (TPSA) is 91.2 Å². The second kappa shape index (κ2) is 9.09. The van der Waals surface area contributed by atoms with E-state index in [1.165, 1.54) is 5.56 Å². The third-order valence-corrected chi connectivity index (χ3v) is 5.35. The van der Waals surface area contributed by atoms with E-state index in [2.05, 4.69) is 9.47 Å². The van der Waals surface area contributed by atoms with Crippen LogP contribution in [0.3, 0.4) is 0 Å². The van der Waals surface area contributed by atoms with Crippen LogP contribution in [0.5, 0.6) is 0 Å². The van der Waals surface area contributed by atoms with Crippen molar-refractivity contribution < 1.29 is 4.79 Å². The van der Waals surface area contributed by atoms with Crippen LogP contribution in [0.2, 0.25) is 0 Å². The Bertz CT molecular complexity index is 1050. The summed E-state index contributed by atoms with van der Waals surface area (Å²) in [6.45, 7) is 1.51. The van der Waals surface area contributed by atoms with Crippen LogP contribution in [0.4, 0.5) is 0 Å². The predicted octanol–water partition coefficient (Wildman–Crippen LogP) is 2.28. The number of amides is 1. The number of hydrogen-bond donors (Lipinski definition) is 2. The van der Waals surface area contributed by atoms with Gasteiger partial charge in [-0.25, -0.2) is 4.98 Å². The van der Waals surface area contributed by atoms with Crippen LogP contribution < -0.4 is 5.73 Å².